The molecule has 0 N–H and O–H groups in total. The average Bonchev–Trinajstić information content (AvgIpc) is 2.96. The predicted molar refractivity (Wildman–Crippen MR) is 62.1 cm³/mol. The molecule has 0 saturated heterocycles. The Bertz CT molecular complexity index is 556. The van der Waals surface area contributed by atoms with E-state index in [1.54, 1.807) is 0 Å². The van der Waals surface area contributed by atoms with Gasteiger partial charge in [0.2, 0.25) is 0 Å². The first-order valence-corrected chi connectivity index (χ1v) is 5.80. The van der Waals surface area contributed by atoms with Gasteiger partial charge in [-0.1, -0.05) is 12.8 Å². The summed E-state index contributed by atoms with van der Waals surface area (Å²) in [4.78, 5) is 0. The summed E-state index contributed by atoms with van der Waals surface area (Å²) in [5.74, 6) is 0.661. The summed E-state index contributed by atoms with van der Waals surface area (Å²) < 4.78 is 5.55. The number of benzene rings is 1. The number of rotatable bonds is 1. The summed E-state index contributed by atoms with van der Waals surface area (Å²) >= 11 is 0. The number of furan rings is 1. The third-order valence-corrected chi connectivity index (χ3v) is 3.53. The Hall–Kier alpha value is -1.75. The van der Waals surface area contributed by atoms with Gasteiger partial charge in [0.15, 0.2) is 0 Å². The molecule has 80 valence electrons. The zero-order valence-corrected chi connectivity index (χ0v) is 9.07. The van der Waals surface area contributed by atoms with Gasteiger partial charge < -0.3 is 4.42 Å². The van der Waals surface area contributed by atoms with E-state index in [0.29, 0.717) is 11.5 Å². The molecular formula is C14H13NO. The molecule has 1 aromatic carbocycles. The fraction of sp³-hybridized carbons (Fsp3) is 0.357. The number of hydrogen-bond acceptors (Lipinski definition) is 2. The van der Waals surface area contributed by atoms with Crippen LogP contribution in [0.5, 0.6) is 0 Å². The lowest BCUT2D eigenvalue weighted by molar-refractivity contribution is 0.599. The lowest BCUT2D eigenvalue weighted by Gasteiger charge is -2.05. The summed E-state index contributed by atoms with van der Waals surface area (Å²) in [6.07, 6.45) is 7.08. The van der Waals surface area contributed by atoms with Crippen molar-refractivity contribution in [3.8, 4) is 6.07 Å². The second kappa shape index (κ2) is 3.68. The van der Waals surface area contributed by atoms with Crippen molar-refractivity contribution in [3.63, 3.8) is 0 Å². The minimum absolute atomic E-state index is 0.661. The van der Waals surface area contributed by atoms with Gasteiger partial charge in [0.25, 0.3) is 0 Å². The number of fused-ring (bicyclic) bond motifs is 1. The Labute approximate surface area is 94.5 Å². The van der Waals surface area contributed by atoms with E-state index < -0.39 is 0 Å². The van der Waals surface area contributed by atoms with Crippen molar-refractivity contribution in [3.05, 3.63) is 35.6 Å². The number of nitriles is 1. The van der Waals surface area contributed by atoms with E-state index in [1.807, 2.05) is 24.5 Å². The van der Waals surface area contributed by atoms with Crippen LogP contribution < -0.4 is 0 Å². The maximum Gasteiger partial charge on any atom is 0.135 e. The molecule has 1 aromatic heterocycles. The highest BCUT2D eigenvalue weighted by molar-refractivity contribution is 5.82. The Balaban J connectivity index is 2.10. The first kappa shape index (κ1) is 9.47. The lowest BCUT2D eigenvalue weighted by atomic mass is 9.97. The zero-order chi connectivity index (χ0) is 11.0. The van der Waals surface area contributed by atoms with Crippen LogP contribution >= 0.6 is 0 Å². The molecule has 0 atom stereocenters. The molecule has 1 heterocycles. The van der Waals surface area contributed by atoms with Gasteiger partial charge in [-0.25, -0.2) is 0 Å². The van der Waals surface area contributed by atoms with E-state index in [2.05, 4.69) is 6.07 Å². The first-order valence-electron chi connectivity index (χ1n) is 5.80. The number of hydrogen-bond donors (Lipinski definition) is 0. The Morgan fingerprint density at radius 2 is 2.06 bits per heavy atom. The highest BCUT2D eigenvalue weighted by atomic mass is 16.3. The van der Waals surface area contributed by atoms with Gasteiger partial charge in [-0.2, -0.15) is 5.26 Å². The summed E-state index contributed by atoms with van der Waals surface area (Å²) in [5, 5.41) is 10.0. The predicted octanol–water partition coefficient (Wildman–Crippen LogP) is 3.96. The molecule has 1 aliphatic rings. The molecule has 0 unspecified atom stereocenters. The largest absolute Gasteiger partial charge is 0.464 e. The van der Waals surface area contributed by atoms with Crippen LogP contribution in [0.2, 0.25) is 0 Å². The van der Waals surface area contributed by atoms with Crippen molar-refractivity contribution in [2.24, 2.45) is 0 Å². The fourth-order valence-corrected chi connectivity index (χ4v) is 2.67. The smallest absolute Gasteiger partial charge is 0.135 e. The van der Waals surface area contributed by atoms with E-state index in [4.69, 9.17) is 9.68 Å². The minimum atomic E-state index is 0.661. The molecule has 0 radical (unpaired) electrons. The molecule has 0 aliphatic heterocycles. The van der Waals surface area contributed by atoms with Crippen molar-refractivity contribution in [1.82, 2.24) is 0 Å². The maximum absolute atomic E-state index is 8.82. The first-order chi connectivity index (χ1) is 7.88. The van der Waals surface area contributed by atoms with Gasteiger partial charge in [-0.05, 0) is 37.0 Å². The molecule has 2 aromatic rings. The van der Waals surface area contributed by atoms with E-state index in [0.717, 1.165) is 5.58 Å². The van der Waals surface area contributed by atoms with Crippen LogP contribution in [0.1, 0.15) is 42.7 Å². The van der Waals surface area contributed by atoms with E-state index >= 15 is 0 Å². The van der Waals surface area contributed by atoms with E-state index in [9.17, 15) is 0 Å². The SMILES string of the molecule is N#Cc1ccc2c(C3CCCC3)coc2c1. The fourth-order valence-electron chi connectivity index (χ4n) is 2.67. The molecule has 1 saturated carbocycles. The van der Waals surface area contributed by atoms with Crippen LogP contribution in [0.4, 0.5) is 0 Å². The molecule has 16 heavy (non-hydrogen) atoms. The second-order valence-corrected chi connectivity index (χ2v) is 4.50. The molecule has 0 bridgehead atoms. The molecule has 1 aliphatic carbocycles. The Morgan fingerprint density at radius 3 is 2.81 bits per heavy atom. The van der Waals surface area contributed by atoms with Crippen LogP contribution in [-0.2, 0) is 0 Å². The van der Waals surface area contributed by atoms with Gasteiger partial charge in [0.1, 0.15) is 5.58 Å². The normalized spacial score (nSPS) is 16.7. The summed E-state index contributed by atoms with van der Waals surface area (Å²) in [6.45, 7) is 0. The van der Waals surface area contributed by atoms with Crippen molar-refractivity contribution in [2.45, 2.75) is 31.6 Å². The monoisotopic (exact) mass is 211 g/mol. The van der Waals surface area contributed by atoms with Crippen molar-refractivity contribution < 1.29 is 4.42 Å². The molecule has 1 fully saturated rings. The van der Waals surface area contributed by atoms with Crippen molar-refractivity contribution >= 4 is 11.0 Å². The van der Waals surface area contributed by atoms with Crippen LogP contribution in [0, 0.1) is 11.3 Å². The minimum Gasteiger partial charge on any atom is -0.464 e. The van der Waals surface area contributed by atoms with Crippen molar-refractivity contribution in [2.75, 3.05) is 0 Å². The van der Waals surface area contributed by atoms with Gasteiger partial charge in [0.05, 0.1) is 17.9 Å². The number of nitrogens with zero attached hydrogens (tertiary/aromatic N) is 1. The Morgan fingerprint density at radius 1 is 1.25 bits per heavy atom. The third kappa shape index (κ3) is 1.40. The zero-order valence-electron chi connectivity index (χ0n) is 9.07. The average molecular weight is 211 g/mol. The van der Waals surface area contributed by atoms with Gasteiger partial charge in [-0.15, -0.1) is 0 Å². The molecule has 2 nitrogen and oxygen atoms in total. The summed E-state index contributed by atoms with van der Waals surface area (Å²) in [5.41, 5.74) is 2.85. The van der Waals surface area contributed by atoms with E-state index in [-0.39, 0.29) is 0 Å². The lowest BCUT2D eigenvalue weighted by Crippen LogP contribution is -1.89. The van der Waals surface area contributed by atoms with E-state index in [1.165, 1.54) is 36.6 Å². The molecule has 3 rings (SSSR count). The van der Waals surface area contributed by atoms with Crippen LogP contribution in [0.15, 0.2) is 28.9 Å². The highest BCUT2D eigenvalue weighted by Gasteiger charge is 2.20. The van der Waals surface area contributed by atoms with Gasteiger partial charge in [-0.3, -0.25) is 0 Å². The molecule has 0 spiro atoms. The summed E-state index contributed by atoms with van der Waals surface area (Å²) in [7, 11) is 0. The standard InChI is InChI=1S/C14H13NO/c15-8-10-5-6-12-13(9-16-14(12)7-10)11-3-1-2-4-11/h5-7,9,11H,1-4H2. The van der Waals surface area contributed by atoms with Crippen LogP contribution in [0.3, 0.4) is 0 Å². The quantitative estimate of drug-likeness (QED) is 0.715. The molecule has 0 amide bonds. The second-order valence-electron chi connectivity index (χ2n) is 4.50. The van der Waals surface area contributed by atoms with Gasteiger partial charge in [0, 0.05) is 10.9 Å². The maximum atomic E-state index is 8.82. The van der Waals surface area contributed by atoms with Gasteiger partial charge >= 0.3 is 0 Å². The highest BCUT2D eigenvalue weighted by Crippen LogP contribution is 2.38. The summed E-state index contributed by atoms with van der Waals surface area (Å²) in [6, 6.07) is 7.86. The molecular weight excluding hydrogens is 198 g/mol. The Kier molecular flexibility index (Phi) is 2.18. The van der Waals surface area contributed by atoms with Crippen LogP contribution in [-0.4, -0.2) is 0 Å². The third-order valence-electron chi connectivity index (χ3n) is 3.53. The van der Waals surface area contributed by atoms with Crippen molar-refractivity contribution in [1.29, 1.82) is 5.26 Å². The molecule has 2 heteroatoms. The van der Waals surface area contributed by atoms with Crippen LogP contribution in [0.25, 0.3) is 11.0 Å². The topological polar surface area (TPSA) is 36.9 Å².